The number of rotatable bonds is 4. The van der Waals surface area contributed by atoms with Crippen molar-refractivity contribution in [2.75, 3.05) is 26.3 Å². The summed E-state index contributed by atoms with van der Waals surface area (Å²) in [5, 5.41) is 3.50. The number of hydrogen-bond donors (Lipinski definition) is 1. The molecule has 0 unspecified atom stereocenters. The van der Waals surface area contributed by atoms with Crippen molar-refractivity contribution in [3.63, 3.8) is 0 Å². The Bertz CT molecular complexity index is 292. The monoisotopic (exact) mass is 252 g/mol. The van der Waals surface area contributed by atoms with Crippen LogP contribution < -0.4 is 5.32 Å². The highest BCUT2D eigenvalue weighted by Gasteiger charge is 2.37. The number of carbonyl (C=O) groups is 1. The van der Waals surface area contributed by atoms with Crippen molar-refractivity contribution in [1.29, 1.82) is 0 Å². The van der Waals surface area contributed by atoms with Crippen LogP contribution in [0.3, 0.4) is 0 Å². The standard InChI is InChI=1S/C14H24N2O2/c17-14(11-3-2-8-18-10-11)16(13-5-6-13)9-12-4-1-7-15-12/h11-13,15H,1-10H2/t11-,12+/m1/s1. The zero-order chi connectivity index (χ0) is 12.4. The van der Waals surface area contributed by atoms with Crippen LogP contribution >= 0.6 is 0 Å². The quantitative estimate of drug-likeness (QED) is 0.816. The second-order valence-electron chi connectivity index (χ2n) is 5.93. The molecule has 1 aliphatic carbocycles. The zero-order valence-corrected chi connectivity index (χ0v) is 11.1. The largest absolute Gasteiger partial charge is 0.381 e. The minimum absolute atomic E-state index is 0.126. The van der Waals surface area contributed by atoms with Gasteiger partial charge in [0.15, 0.2) is 0 Å². The number of nitrogens with one attached hydrogen (secondary N) is 1. The second kappa shape index (κ2) is 5.57. The van der Waals surface area contributed by atoms with Gasteiger partial charge in [0.2, 0.25) is 5.91 Å². The average molecular weight is 252 g/mol. The van der Waals surface area contributed by atoms with Crippen molar-refractivity contribution in [1.82, 2.24) is 10.2 Å². The minimum Gasteiger partial charge on any atom is -0.381 e. The third kappa shape index (κ3) is 2.86. The molecule has 0 aromatic rings. The second-order valence-corrected chi connectivity index (χ2v) is 5.93. The number of hydrogen-bond acceptors (Lipinski definition) is 3. The van der Waals surface area contributed by atoms with Gasteiger partial charge in [-0.1, -0.05) is 0 Å². The number of ether oxygens (including phenoxy) is 1. The molecule has 0 aromatic carbocycles. The Morgan fingerprint density at radius 2 is 2.11 bits per heavy atom. The lowest BCUT2D eigenvalue weighted by Gasteiger charge is -2.31. The van der Waals surface area contributed by atoms with Crippen LogP contribution in [-0.4, -0.2) is 49.2 Å². The first-order valence-electron chi connectivity index (χ1n) is 7.46. The van der Waals surface area contributed by atoms with E-state index in [2.05, 4.69) is 10.2 Å². The van der Waals surface area contributed by atoms with Crippen LogP contribution in [0.5, 0.6) is 0 Å². The maximum Gasteiger partial charge on any atom is 0.228 e. The molecule has 2 aliphatic heterocycles. The van der Waals surface area contributed by atoms with Gasteiger partial charge in [0.25, 0.3) is 0 Å². The average Bonchev–Trinajstić information content (AvgIpc) is 3.13. The third-order valence-electron chi connectivity index (χ3n) is 4.36. The third-order valence-corrected chi connectivity index (χ3v) is 4.36. The van der Waals surface area contributed by atoms with Crippen LogP contribution in [0.2, 0.25) is 0 Å². The van der Waals surface area contributed by atoms with E-state index in [0.717, 1.165) is 32.5 Å². The Balaban J connectivity index is 1.59. The van der Waals surface area contributed by atoms with Crippen molar-refractivity contribution in [3.05, 3.63) is 0 Å². The van der Waals surface area contributed by atoms with E-state index >= 15 is 0 Å². The van der Waals surface area contributed by atoms with E-state index < -0.39 is 0 Å². The van der Waals surface area contributed by atoms with Crippen LogP contribution in [0.25, 0.3) is 0 Å². The van der Waals surface area contributed by atoms with Crippen LogP contribution in [0.1, 0.15) is 38.5 Å². The summed E-state index contributed by atoms with van der Waals surface area (Å²) in [5.41, 5.74) is 0. The van der Waals surface area contributed by atoms with Gasteiger partial charge in [-0.3, -0.25) is 4.79 Å². The lowest BCUT2D eigenvalue weighted by molar-refractivity contribution is -0.140. The maximum atomic E-state index is 12.6. The lowest BCUT2D eigenvalue weighted by Crippen LogP contribution is -2.46. The highest BCUT2D eigenvalue weighted by atomic mass is 16.5. The van der Waals surface area contributed by atoms with Gasteiger partial charge in [0.1, 0.15) is 0 Å². The number of amides is 1. The lowest BCUT2D eigenvalue weighted by atomic mass is 10.00. The molecule has 3 rings (SSSR count). The number of carbonyl (C=O) groups excluding carboxylic acids is 1. The summed E-state index contributed by atoms with van der Waals surface area (Å²) in [6.07, 6.45) is 6.93. The zero-order valence-electron chi connectivity index (χ0n) is 11.1. The molecule has 1 saturated carbocycles. The summed E-state index contributed by atoms with van der Waals surface area (Å²) in [6.45, 7) is 3.50. The van der Waals surface area contributed by atoms with Crippen LogP contribution in [0, 0.1) is 5.92 Å². The Kier molecular flexibility index (Phi) is 3.85. The molecule has 3 fully saturated rings. The molecular formula is C14H24N2O2. The van der Waals surface area contributed by atoms with Crippen molar-refractivity contribution in [2.24, 2.45) is 5.92 Å². The molecule has 0 radical (unpaired) electrons. The van der Waals surface area contributed by atoms with Crippen molar-refractivity contribution >= 4 is 5.91 Å². The van der Waals surface area contributed by atoms with Crippen molar-refractivity contribution in [2.45, 2.75) is 50.6 Å². The molecule has 102 valence electrons. The smallest absolute Gasteiger partial charge is 0.228 e. The molecule has 2 atom stereocenters. The van der Waals surface area contributed by atoms with E-state index in [1.165, 1.54) is 25.7 Å². The topological polar surface area (TPSA) is 41.6 Å². The molecule has 0 aromatic heterocycles. The highest BCUT2D eigenvalue weighted by molar-refractivity contribution is 5.79. The summed E-state index contributed by atoms with van der Waals surface area (Å²) in [6, 6.07) is 1.06. The van der Waals surface area contributed by atoms with Gasteiger partial charge in [-0.2, -0.15) is 0 Å². The molecule has 18 heavy (non-hydrogen) atoms. The van der Waals surface area contributed by atoms with Gasteiger partial charge >= 0.3 is 0 Å². The fourth-order valence-corrected chi connectivity index (χ4v) is 3.13. The van der Waals surface area contributed by atoms with E-state index in [4.69, 9.17) is 4.74 Å². The van der Waals surface area contributed by atoms with Gasteiger partial charge in [0, 0.05) is 25.2 Å². The molecular weight excluding hydrogens is 228 g/mol. The van der Waals surface area contributed by atoms with Crippen LogP contribution in [0.15, 0.2) is 0 Å². The Labute approximate surface area is 109 Å². The van der Waals surface area contributed by atoms with Crippen molar-refractivity contribution < 1.29 is 9.53 Å². The van der Waals surface area contributed by atoms with Crippen LogP contribution in [-0.2, 0) is 9.53 Å². The molecule has 2 heterocycles. The molecule has 4 nitrogen and oxygen atoms in total. The first kappa shape index (κ1) is 12.4. The molecule has 2 saturated heterocycles. The normalized spacial score (nSPS) is 32.4. The fourth-order valence-electron chi connectivity index (χ4n) is 3.13. The summed E-state index contributed by atoms with van der Waals surface area (Å²) >= 11 is 0. The molecule has 3 aliphatic rings. The molecule has 1 amide bonds. The molecule has 1 N–H and O–H groups in total. The summed E-state index contributed by atoms with van der Waals surface area (Å²) < 4.78 is 5.46. The van der Waals surface area contributed by atoms with Gasteiger partial charge < -0.3 is 15.0 Å². The van der Waals surface area contributed by atoms with E-state index in [1.54, 1.807) is 0 Å². The molecule has 4 heteroatoms. The van der Waals surface area contributed by atoms with Crippen molar-refractivity contribution in [3.8, 4) is 0 Å². The predicted molar refractivity (Wildman–Crippen MR) is 69.3 cm³/mol. The first-order chi connectivity index (χ1) is 8.84. The van der Waals surface area contributed by atoms with E-state index in [1.807, 2.05) is 0 Å². The Morgan fingerprint density at radius 3 is 2.72 bits per heavy atom. The van der Waals surface area contributed by atoms with Gasteiger partial charge in [0.05, 0.1) is 12.5 Å². The number of nitrogens with zero attached hydrogens (tertiary/aromatic N) is 1. The highest BCUT2D eigenvalue weighted by Crippen LogP contribution is 2.30. The molecule has 0 bridgehead atoms. The Morgan fingerprint density at radius 1 is 1.22 bits per heavy atom. The minimum atomic E-state index is 0.126. The van der Waals surface area contributed by atoms with Crippen LogP contribution in [0.4, 0.5) is 0 Å². The molecule has 0 spiro atoms. The van der Waals surface area contributed by atoms with E-state index in [0.29, 0.717) is 24.6 Å². The summed E-state index contributed by atoms with van der Waals surface area (Å²) in [7, 11) is 0. The van der Waals surface area contributed by atoms with Gasteiger partial charge in [-0.05, 0) is 45.1 Å². The van der Waals surface area contributed by atoms with Gasteiger partial charge in [-0.25, -0.2) is 0 Å². The van der Waals surface area contributed by atoms with E-state index in [-0.39, 0.29) is 5.92 Å². The predicted octanol–water partition coefficient (Wildman–Crippen LogP) is 1.16. The first-order valence-corrected chi connectivity index (χ1v) is 7.46. The van der Waals surface area contributed by atoms with Gasteiger partial charge in [-0.15, -0.1) is 0 Å². The SMILES string of the molecule is O=C([C@@H]1CCCOC1)N(C[C@@H]1CCCN1)C1CC1. The fraction of sp³-hybridized carbons (Fsp3) is 0.929. The summed E-state index contributed by atoms with van der Waals surface area (Å²) in [4.78, 5) is 14.7. The van der Waals surface area contributed by atoms with E-state index in [9.17, 15) is 4.79 Å². The summed E-state index contributed by atoms with van der Waals surface area (Å²) in [5.74, 6) is 0.478. The Hall–Kier alpha value is -0.610. The maximum absolute atomic E-state index is 12.6.